The molecule has 1 aliphatic carbocycles. The second-order valence-electron chi connectivity index (χ2n) is 7.78. The molecule has 132 valence electrons. The van der Waals surface area contributed by atoms with E-state index in [0.29, 0.717) is 34.3 Å². The largest absolute Gasteiger partial charge is 0.324 e. The van der Waals surface area contributed by atoms with Crippen LogP contribution in [-0.2, 0) is 0 Å². The number of halogens is 1. The van der Waals surface area contributed by atoms with E-state index in [4.69, 9.17) is 0 Å². The lowest BCUT2D eigenvalue weighted by Gasteiger charge is -2.22. The van der Waals surface area contributed by atoms with Gasteiger partial charge in [0.1, 0.15) is 11.5 Å². The second-order valence-corrected chi connectivity index (χ2v) is 7.78. The molecule has 1 aliphatic heterocycles. The minimum Gasteiger partial charge on any atom is -0.324 e. The third-order valence-corrected chi connectivity index (χ3v) is 6.01. The van der Waals surface area contributed by atoms with Crippen molar-refractivity contribution >= 4 is 11.7 Å². The number of benzene rings is 1. The van der Waals surface area contributed by atoms with Crippen LogP contribution in [0.5, 0.6) is 0 Å². The van der Waals surface area contributed by atoms with Gasteiger partial charge in [0.05, 0.1) is 17.1 Å². The first-order chi connectivity index (χ1) is 11.8. The number of likely N-dealkylation sites (tertiary alicyclic amines) is 1. The first-order valence-corrected chi connectivity index (χ1v) is 8.67. The Morgan fingerprint density at radius 3 is 2.52 bits per heavy atom. The molecule has 5 nitrogen and oxygen atoms in total. The third kappa shape index (κ3) is 2.42. The second kappa shape index (κ2) is 5.31. The maximum absolute atomic E-state index is 14.1. The molecule has 0 unspecified atom stereocenters. The van der Waals surface area contributed by atoms with E-state index >= 15 is 0 Å². The number of carbonyl (C=O) groups is 1. The number of aryl methyl sites for hydroxylation is 1. The molecule has 1 saturated heterocycles. The van der Waals surface area contributed by atoms with Gasteiger partial charge in [-0.05, 0) is 43.2 Å². The van der Waals surface area contributed by atoms with Crippen molar-refractivity contribution in [3.63, 3.8) is 0 Å². The molecule has 1 N–H and O–H groups in total. The standard InChI is InChI=1S/C19H23FN4O/c1-11-17(12(2)24(22-11)16-8-6-5-7-15(16)20)21-18(25)23-9-13-14(10-23)19(13,3)4/h5-8,13-14H,9-10H2,1-4H3,(H,21,25)/t13-,14-/m0/s1. The van der Waals surface area contributed by atoms with Crippen LogP contribution in [0.15, 0.2) is 24.3 Å². The average molecular weight is 342 g/mol. The molecule has 0 spiro atoms. The van der Waals surface area contributed by atoms with E-state index in [9.17, 15) is 9.18 Å². The van der Waals surface area contributed by atoms with Crippen LogP contribution in [0.1, 0.15) is 25.2 Å². The number of urea groups is 1. The molecule has 6 heteroatoms. The maximum atomic E-state index is 14.1. The van der Waals surface area contributed by atoms with Gasteiger partial charge in [-0.15, -0.1) is 0 Å². The summed E-state index contributed by atoms with van der Waals surface area (Å²) in [6, 6.07) is 6.40. The summed E-state index contributed by atoms with van der Waals surface area (Å²) in [6.45, 7) is 9.82. The number of anilines is 1. The fourth-order valence-electron chi connectivity index (χ4n) is 4.17. The van der Waals surface area contributed by atoms with E-state index in [0.717, 1.165) is 18.8 Å². The Labute approximate surface area is 146 Å². The Bertz CT molecular complexity index is 843. The molecule has 0 radical (unpaired) electrons. The molecule has 2 atom stereocenters. The monoisotopic (exact) mass is 342 g/mol. The van der Waals surface area contributed by atoms with Gasteiger partial charge in [-0.1, -0.05) is 26.0 Å². The minimum atomic E-state index is -0.340. The van der Waals surface area contributed by atoms with Crippen molar-refractivity contribution in [3.8, 4) is 5.69 Å². The number of amides is 2. The molecule has 2 heterocycles. The number of aromatic nitrogens is 2. The summed E-state index contributed by atoms with van der Waals surface area (Å²) in [5.74, 6) is 0.885. The minimum absolute atomic E-state index is 0.0951. The van der Waals surface area contributed by atoms with E-state index in [1.165, 1.54) is 6.07 Å². The fourth-order valence-corrected chi connectivity index (χ4v) is 4.17. The molecular weight excluding hydrogens is 319 g/mol. The summed E-state index contributed by atoms with van der Waals surface area (Å²) >= 11 is 0. The number of hydrogen-bond donors (Lipinski definition) is 1. The molecule has 1 aromatic heterocycles. The van der Waals surface area contributed by atoms with Crippen LogP contribution in [0.25, 0.3) is 5.69 Å². The van der Waals surface area contributed by atoms with E-state index in [1.807, 2.05) is 18.7 Å². The summed E-state index contributed by atoms with van der Waals surface area (Å²) < 4.78 is 15.6. The van der Waals surface area contributed by atoms with Gasteiger partial charge in [0, 0.05) is 13.1 Å². The lowest BCUT2D eigenvalue weighted by atomic mass is 10.1. The zero-order valence-corrected chi connectivity index (χ0v) is 15.0. The molecule has 2 aliphatic rings. The van der Waals surface area contributed by atoms with Gasteiger partial charge >= 0.3 is 6.03 Å². The van der Waals surface area contributed by atoms with Gasteiger partial charge < -0.3 is 10.2 Å². The van der Waals surface area contributed by atoms with E-state index in [1.54, 1.807) is 22.9 Å². The van der Waals surface area contributed by atoms with Crippen molar-refractivity contribution in [2.75, 3.05) is 18.4 Å². The highest BCUT2D eigenvalue weighted by atomic mass is 19.1. The normalized spacial score (nSPS) is 23.5. The van der Waals surface area contributed by atoms with Crippen LogP contribution in [0.2, 0.25) is 0 Å². The van der Waals surface area contributed by atoms with Crippen molar-refractivity contribution in [1.82, 2.24) is 14.7 Å². The molecule has 0 bridgehead atoms. The summed E-state index contributed by atoms with van der Waals surface area (Å²) in [4.78, 5) is 14.5. The molecule has 2 fully saturated rings. The predicted octanol–water partition coefficient (Wildman–Crippen LogP) is 3.75. The molecule has 4 rings (SSSR count). The van der Waals surface area contributed by atoms with E-state index < -0.39 is 0 Å². The molecule has 25 heavy (non-hydrogen) atoms. The Balaban J connectivity index is 1.54. The van der Waals surface area contributed by atoms with Crippen molar-refractivity contribution in [2.24, 2.45) is 17.3 Å². The molecular formula is C19H23FN4O. The van der Waals surface area contributed by atoms with Crippen molar-refractivity contribution in [2.45, 2.75) is 27.7 Å². The van der Waals surface area contributed by atoms with Crippen LogP contribution in [0.4, 0.5) is 14.9 Å². The highest BCUT2D eigenvalue weighted by Gasteiger charge is 2.62. The number of nitrogens with one attached hydrogen (secondary N) is 1. The van der Waals surface area contributed by atoms with Gasteiger partial charge in [-0.3, -0.25) is 0 Å². The molecule has 1 saturated carbocycles. The number of fused-ring (bicyclic) bond motifs is 1. The number of hydrogen-bond acceptors (Lipinski definition) is 2. The van der Waals surface area contributed by atoms with Crippen LogP contribution in [0.3, 0.4) is 0 Å². The maximum Gasteiger partial charge on any atom is 0.321 e. The summed E-state index contributed by atoms with van der Waals surface area (Å²) in [7, 11) is 0. The summed E-state index contributed by atoms with van der Waals surface area (Å²) in [6.07, 6.45) is 0. The fraction of sp³-hybridized carbons (Fsp3) is 0.474. The number of carbonyl (C=O) groups excluding carboxylic acids is 1. The van der Waals surface area contributed by atoms with Gasteiger partial charge in [0.25, 0.3) is 0 Å². The van der Waals surface area contributed by atoms with Crippen molar-refractivity contribution in [1.29, 1.82) is 0 Å². The summed E-state index contributed by atoms with van der Waals surface area (Å²) in [5.41, 5.74) is 2.82. The van der Waals surface area contributed by atoms with Crippen LogP contribution in [0, 0.1) is 36.9 Å². The van der Waals surface area contributed by atoms with Gasteiger partial charge in [-0.2, -0.15) is 5.10 Å². The van der Waals surface area contributed by atoms with Crippen molar-refractivity contribution in [3.05, 3.63) is 41.5 Å². The highest BCUT2D eigenvalue weighted by molar-refractivity contribution is 5.91. The number of rotatable bonds is 2. The number of para-hydroxylation sites is 1. The third-order valence-electron chi connectivity index (χ3n) is 6.01. The zero-order valence-electron chi connectivity index (χ0n) is 15.0. The Morgan fingerprint density at radius 1 is 1.24 bits per heavy atom. The Morgan fingerprint density at radius 2 is 1.88 bits per heavy atom. The number of piperidine rings is 1. The van der Waals surface area contributed by atoms with Crippen LogP contribution >= 0.6 is 0 Å². The molecule has 2 aromatic rings. The van der Waals surface area contributed by atoms with Gasteiger partial charge in [0.15, 0.2) is 0 Å². The lowest BCUT2D eigenvalue weighted by Crippen LogP contribution is -2.36. The SMILES string of the molecule is Cc1nn(-c2ccccc2F)c(C)c1NC(=O)N1C[C@H]2[C@H](C1)C2(C)C. The zero-order chi connectivity index (χ0) is 17.9. The number of nitrogens with zero attached hydrogens (tertiary/aromatic N) is 3. The van der Waals surface area contributed by atoms with Crippen LogP contribution < -0.4 is 5.32 Å². The smallest absolute Gasteiger partial charge is 0.321 e. The Hall–Kier alpha value is -2.37. The lowest BCUT2D eigenvalue weighted by molar-refractivity contribution is 0.209. The topological polar surface area (TPSA) is 50.2 Å². The quantitative estimate of drug-likeness (QED) is 0.904. The molecule has 1 aromatic carbocycles. The first-order valence-electron chi connectivity index (χ1n) is 8.67. The highest BCUT2D eigenvalue weighted by Crippen LogP contribution is 2.61. The van der Waals surface area contributed by atoms with Crippen LogP contribution in [-0.4, -0.2) is 33.8 Å². The molecule has 2 amide bonds. The Kier molecular flexibility index (Phi) is 3.42. The van der Waals surface area contributed by atoms with Gasteiger partial charge in [0.2, 0.25) is 0 Å². The van der Waals surface area contributed by atoms with Crippen molar-refractivity contribution < 1.29 is 9.18 Å². The first kappa shape index (κ1) is 16.1. The van der Waals surface area contributed by atoms with E-state index in [2.05, 4.69) is 24.3 Å². The van der Waals surface area contributed by atoms with Gasteiger partial charge in [-0.25, -0.2) is 13.9 Å². The average Bonchev–Trinajstić information content (AvgIpc) is 2.93. The van der Waals surface area contributed by atoms with E-state index in [-0.39, 0.29) is 11.8 Å². The predicted molar refractivity (Wildman–Crippen MR) is 94.3 cm³/mol. The summed E-state index contributed by atoms with van der Waals surface area (Å²) in [5, 5.41) is 7.39.